The van der Waals surface area contributed by atoms with E-state index in [0.717, 1.165) is 168 Å². The molecule has 28 nitrogen and oxygen atoms in total. The number of piperazine rings is 4. The molecule has 1 amide bonds. The van der Waals surface area contributed by atoms with Gasteiger partial charge in [-0.3, -0.25) is 25.0 Å². The summed E-state index contributed by atoms with van der Waals surface area (Å²) in [6, 6.07) is 59.0. The van der Waals surface area contributed by atoms with Crippen LogP contribution in [0.5, 0.6) is 0 Å². The Balaban J connectivity index is 0.000000152. The van der Waals surface area contributed by atoms with Gasteiger partial charge in [-0.25, -0.2) is 14.8 Å². The number of nitrogen functional groups attached to an aromatic ring is 1. The van der Waals surface area contributed by atoms with Crippen LogP contribution in [-0.4, -0.2) is 190 Å². The van der Waals surface area contributed by atoms with Crippen molar-refractivity contribution in [2.75, 3.05) is 176 Å². The van der Waals surface area contributed by atoms with E-state index < -0.39 is 4.92 Å². The highest BCUT2D eigenvalue weighted by molar-refractivity contribution is 7.81. The Morgan fingerprint density at radius 2 is 0.837 bits per heavy atom. The molecular weight excluding hydrogens is 1780 g/mol. The Hall–Kier alpha value is -11.6. The number of carbonyl (C=O) groups is 1. The third-order valence-corrected chi connectivity index (χ3v) is 26.5. The number of nitriles is 1. The van der Waals surface area contributed by atoms with Gasteiger partial charge in [0.2, 0.25) is 5.69 Å². The molecule has 14 N–H and O–H groups in total. The quantitative estimate of drug-likeness (QED) is 0.0337. The first-order valence-corrected chi connectivity index (χ1v) is 47.0. The molecule has 4 fully saturated rings. The van der Waals surface area contributed by atoms with Crippen molar-refractivity contribution in [2.45, 2.75) is 48.5 Å². The molecule has 0 spiro atoms. The molecular formula is C93H110ClN23O5S7. The van der Waals surface area contributed by atoms with Crippen molar-refractivity contribution in [3.63, 3.8) is 0 Å². The third kappa shape index (κ3) is 29.2. The summed E-state index contributed by atoms with van der Waals surface area (Å²) in [6.07, 6.45) is 0. The lowest BCUT2D eigenvalue weighted by Crippen LogP contribution is -2.47. The highest BCUT2D eigenvalue weighted by Crippen LogP contribution is 2.43. The number of nitrogens with zero attached hydrogens (tertiary/aromatic N) is 11. The summed E-state index contributed by atoms with van der Waals surface area (Å²) in [4.78, 5) is 64.5. The van der Waals surface area contributed by atoms with Crippen LogP contribution in [-0.2, 0) is 0 Å². The predicted octanol–water partition coefficient (Wildman–Crippen LogP) is 20.5. The smallest absolute Gasteiger partial charge is 0.292 e. The molecule has 14 heterocycles. The number of benzene rings is 6. The maximum Gasteiger partial charge on any atom is 0.292 e. The van der Waals surface area contributed by atoms with E-state index >= 15 is 0 Å². The predicted molar refractivity (Wildman–Crippen MR) is 550 cm³/mol. The summed E-state index contributed by atoms with van der Waals surface area (Å²) >= 11 is 15.1. The Bertz CT molecular complexity index is 5790. The van der Waals surface area contributed by atoms with E-state index in [9.17, 15) is 25.0 Å². The molecule has 0 atom stereocenters. The summed E-state index contributed by atoms with van der Waals surface area (Å²) in [7, 11) is 8.64. The molecule has 6 aromatic heterocycles. The molecule has 129 heavy (non-hydrogen) atoms. The molecule has 0 radical (unpaired) electrons. The minimum absolute atomic E-state index is 0. The van der Waals surface area contributed by atoms with E-state index in [-0.39, 0.29) is 34.6 Å². The molecule has 12 aromatic rings. The van der Waals surface area contributed by atoms with Gasteiger partial charge in [-0.15, -0.1) is 80.4 Å². The zero-order valence-electron chi connectivity index (χ0n) is 74.0. The van der Waals surface area contributed by atoms with Crippen LogP contribution in [0.1, 0.15) is 67.4 Å². The second-order valence-corrected chi connectivity index (χ2v) is 38.7. The molecule has 0 saturated carbocycles. The number of nitrogens with two attached hydrogens (primary N) is 2. The van der Waals surface area contributed by atoms with Crippen molar-refractivity contribution < 1.29 is 14.6 Å². The number of thiophene rings is 6. The molecule has 4 saturated heterocycles. The van der Waals surface area contributed by atoms with E-state index in [0.29, 0.717) is 38.3 Å². The van der Waals surface area contributed by atoms with E-state index in [1.54, 1.807) is 101 Å². The normalized spacial score (nSPS) is 14.8. The highest BCUT2D eigenvalue weighted by Gasteiger charge is 2.27. The molecule has 6 aromatic carbocycles. The topological polar surface area (TPSA) is 345 Å². The number of likely N-dealkylation sites (N-methyl/N-ethyl adjacent to an activating group) is 4. The minimum atomic E-state index is -0.450. The summed E-state index contributed by atoms with van der Waals surface area (Å²) < 4.78 is 0. The van der Waals surface area contributed by atoms with Gasteiger partial charge in [0.15, 0.2) is 0 Å². The summed E-state index contributed by atoms with van der Waals surface area (Å²) in [5.74, 6) is 1.65. The van der Waals surface area contributed by atoms with Crippen molar-refractivity contribution in [2.24, 2.45) is 15.7 Å². The summed E-state index contributed by atoms with van der Waals surface area (Å²) in [6.45, 7) is 39.0. The number of aryl methyl sites for hydroxylation is 7. The van der Waals surface area contributed by atoms with E-state index in [2.05, 4.69) is 191 Å². The lowest BCUT2D eigenvalue weighted by molar-refractivity contribution is -0.385. The number of amidine groups is 2. The molecule has 20 rings (SSSR count). The SMILES string of the molecule is CN1CCNCC1.CN1CCNCC1.CN1CCNCC1.Cc1cc(C#N)c(Nc2ccccc2[N+](=O)[O-])s1.Cc1cc2c(s1)Nc1ccccc1N=C2N.Cc1cc2c(s1)Nc1ccccc1N=C2N1CCN(C)CC1.Cc1cc2c(s1)Nc1ccccc1NC2=O.Cc1cc2c(s1)Nc1ccccc1NC2=S.Cc1ccccc1[N+](=O)[O-].Cl.[C-]#[N+]c1cc(C)sc1N. The molecule has 0 aliphatic carbocycles. The first kappa shape index (κ1) is 99.6. The van der Waals surface area contributed by atoms with E-state index in [4.69, 9.17) is 40.5 Å². The number of hydrogen-bond donors (Lipinski definition) is 12. The summed E-state index contributed by atoms with van der Waals surface area (Å²) in [5, 5.41) is 68.2. The Morgan fingerprint density at radius 1 is 0.457 bits per heavy atom. The molecule has 0 bridgehead atoms. The van der Waals surface area contributed by atoms with Crippen molar-refractivity contribution in [3.05, 3.63) is 276 Å². The number of fused-ring (bicyclic) bond motifs is 8. The van der Waals surface area contributed by atoms with Crippen molar-refractivity contribution >= 4 is 213 Å². The number of nitrogens with one attached hydrogen (secondary N) is 10. The van der Waals surface area contributed by atoms with Gasteiger partial charge in [0, 0.05) is 152 Å². The number of rotatable bonds is 4. The number of halogens is 1. The van der Waals surface area contributed by atoms with Crippen molar-refractivity contribution in [1.82, 2.24) is 40.4 Å². The van der Waals surface area contributed by atoms with Crippen LogP contribution in [0.4, 0.5) is 98.3 Å². The van der Waals surface area contributed by atoms with Crippen LogP contribution in [0.3, 0.4) is 0 Å². The lowest BCUT2D eigenvalue weighted by atomic mass is 10.2. The highest BCUT2D eigenvalue weighted by atomic mass is 35.5. The number of para-hydroxylation sites is 11. The molecule has 36 heteroatoms. The van der Waals surface area contributed by atoms with Gasteiger partial charge >= 0.3 is 0 Å². The first-order valence-electron chi connectivity index (χ1n) is 41.7. The number of carbonyl (C=O) groups excluding carboxylic acids is 1. The van der Waals surface area contributed by atoms with E-state index in [1.165, 1.54) is 99.3 Å². The number of nitro groups is 2. The fourth-order valence-corrected chi connectivity index (χ4v) is 19.3. The monoisotopic (exact) mass is 1890 g/mol. The number of thiocarbonyl (C=S) groups is 1. The van der Waals surface area contributed by atoms with Gasteiger partial charge in [-0.05, 0) is 173 Å². The average Bonchev–Trinajstić information content (AvgIpc) is 1.64. The maximum absolute atomic E-state index is 11.9. The zero-order chi connectivity index (χ0) is 91.3. The Labute approximate surface area is 790 Å². The van der Waals surface area contributed by atoms with Gasteiger partial charge in [-0.1, -0.05) is 91.1 Å². The van der Waals surface area contributed by atoms with Crippen LogP contribution >= 0.6 is 92.6 Å². The molecule has 8 aliphatic heterocycles. The van der Waals surface area contributed by atoms with Crippen molar-refractivity contribution in [3.8, 4) is 6.07 Å². The molecule has 0 unspecified atom stereocenters. The number of hydrogen-bond acceptors (Lipinski definition) is 30. The number of nitro benzene ring substituents is 2. The van der Waals surface area contributed by atoms with Crippen LogP contribution < -0.4 is 64.6 Å². The first-order chi connectivity index (χ1) is 61.7. The third-order valence-electron chi connectivity index (χ3n) is 20.5. The maximum atomic E-state index is 11.9. The van der Waals surface area contributed by atoms with Gasteiger partial charge in [-0.2, -0.15) is 5.26 Å². The zero-order valence-corrected chi connectivity index (χ0v) is 80.5. The van der Waals surface area contributed by atoms with Gasteiger partial charge in [0.05, 0.1) is 89.2 Å². The van der Waals surface area contributed by atoms with Gasteiger partial charge < -0.3 is 89.1 Å². The largest absolute Gasteiger partial charge is 0.399 e. The average molecular weight is 1890 g/mol. The van der Waals surface area contributed by atoms with Crippen LogP contribution in [0.25, 0.3) is 4.85 Å². The Kier molecular flexibility index (Phi) is 38.0. The standard InChI is InChI=1S/C17H20N4S.C12H9N3O2S.C12H11N3S.C12H10N2OS.C12H10N2S2.C7H7NO2.C6H6N2S.3C5H12N2.ClH/c1-12-11-13-16(21-9-7-20(2)8-10-21)18-14-5-3-4-6-15(14)19-17(13)22-12;1-8-6-9(7-13)12(18-8)14-10-4-2-3-5-11(10)15(16)17;1-7-6-8-11(13)14-9-4-2-3-5-10(9)15-12(8)16-7;2*1-7-6-8-11(15)13-9-4-2-3-5-10(9)14-12(8)16-7;1-6-4-2-3-5-7(6)8(9)10;1-4-3-5(8-2)6(7)9-4;3*1-7-4-2-6-3-5-7;/h3-6,11,19H,7-10H2,1-2H3;2-6,14H,1H3;2-6,15H,1H3,(H2,13,14);2*2-6,14H,1H3,(H,13,15);2-5H,1H3;3H,7H2,1H3;3*6H,2-5H2,1H3;1H. The number of anilines is 13. The summed E-state index contributed by atoms with van der Waals surface area (Å²) in [5.41, 5.74) is 25.7. The fourth-order valence-electron chi connectivity index (χ4n) is 13.6. The van der Waals surface area contributed by atoms with Crippen LogP contribution in [0.2, 0.25) is 0 Å². The van der Waals surface area contributed by atoms with E-state index in [1.807, 2.05) is 93.6 Å². The number of aliphatic imine (C=N–C) groups is 2. The molecule has 8 aliphatic rings. The second-order valence-electron chi connectivity index (χ2n) is 30.7. The number of amides is 1. The van der Waals surface area contributed by atoms with Crippen molar-refractivity contribution in [1.29, 1.82) is 5.26 Å². The lowest BCUT2D eigenvalue weighted by Gasteiger charge is -2.34. The fraction of sp³-hybridized carbons (Fsp3) is 0.290. The van der Waals surface area contributed by atoms with Crippen LogP contribution in [0.15, 0.2) is 192 Å². The molecule has 676 valence electrons. The second kappa shape index (κ2) is 49.3. The minimum Gasteiger partial charge on any atom is -0.399 e. The van der Waals surface area contributed by atoms with Crippen LogP contribution in [0, 0.1) is 86.6 Å². The Morgan fingerprint density at radius 3 is 1.29 bits per heavy atom. The van der Waals surface area contributed by atoms with Gasteiger partial charge in [0.25, 0.3) is 17.3 Å². The van der Waals surface area contributed by atoms with Gasteiger partial charge in [0.1, 0.15) is 53.4 Å².